The van der Waals surface area contributed by atoms with Gasteiger partial charge in [0.1, 0.15) is 5.58 Å². The molecule has 0 radical (unpaired) electrons. The maximum atomic E-state index is 13.0. The molecule has 0 unspecified atom stereocenters. The van der Waals surface area contributed by atoms with Gasteiger partial charge in [-0.25, -0.2) is 0 Å². The molecule has 4 nitrogen and oxygen atoms in total. The summed E-state index contributed by atoms with van der Waals surface area (Å²) in [6.07, 6.45) is 1.37. The summed E-state index contributed by atoms with van der Waals surface area (Å²) in [6, 6.07) is 13.5. The summed E-state index contributed by atoms with van der Waals surface area (Å²) in [6.45, 7) is 5.07. The molecular formula is C23H22BrNO3. The lowest BCUT2D eigenvalue weighted by Gasteiger charge is -2.31. The molecule has 1 aliphatic heterocycles. The smallest absolute Gasteiger partial charge is 0.289 e. The van der Waals surface area contributed by atoms with Crippen LogP contribution in [0.4, 0.5) is 0 Å². The van der Waals surface area contributed by atoms with Gasteiger partial charge in [0.25, 0.3) is 5.91 Å². The molecule has 1 aromatic heterocycles. The fourth-order valence-electron chi connectivity index (χ4n) is 3.84. The summed E-state index contributed by atoms with van der Waals surface area (Å²) in [5, 5.41) is 0.946. The van der Waals surface area contributed by atoms with Crippen LogP contribution in [0.2, 0.25) is 0 Å². The summed E-state index contributed by atoms with van der Waals surface area (Å²) in [5.74, 6) is 0.457. The molecule has 0 bridgehead atoms. The molecular weight excluding hydrogens is 418 g/mol. The van der Waals surface area contributed by atoms with Crippen LogP contribution < -0.4 is 0 Å². The highest BCUT2D eigenvalue weighted by molar-refractivity contribution is 9.10. The summed E-state index contributed by atoms with van der Waals surface area (Å²) >= 11 is 3.46. The number of fused-ring (bicyclic) bond motifs is 1. The van der Waals surface area contributed by atoms with Crippen molar-refractivity contribution in [2.45, 2.75) is 26.7 Å². The van der Waals surface area contributed by atoms with Gasteiger partial charge in [0.15, 0.2) is 11.5 Å². The molecule has 1 fully saturated rings. The minimum absolute atomic E-state index is 0.0283. The Hall–Kier alpha value is -2.40. The van der Waals surface area contributed by atoms with Crippen molar-refractivity contribution in [3.63, 3.8) is 0 Å². The van der Waals surface area contributed by atoms with Gasteiger partial charge < -0.3 is 9.32 Å². The average Bonchev–Trinajstić information content (AvgIpc) is 3.03. The van der Waals surface area contributed by atoms with Crippen molar-refractivity contribution in [1.82, 2.24) is 4.90 Å². The highest BCUT2D eigenvalue weighted by Crippen LogP contribution is 2.30. The molecule has 5 heteroatoms. The molecule has 2 heterocycles. The van der Waals surface area contributed by atoms with Gasteiger partial charge in [-0.2, -0.15) is 0 Å². The fraction of sp³-hybridized carbons (Fsp3) is 0.304. The first-order valence-corrected chi connectivity index (χ1v) is 10.3. The number of nitrogens with zero attached hydrogens (tertiary/aromatic N) is 1. The van der Waals surface area contributed by atoms with E-state index in [1.54, 1.807) is 4.90 Å². The van der Waals surface area contributed by atoms with Crippen molar-refractivity contribution < 1.29 is 14.0 Å². The zero-order valence-corrected chi connectivity index (χ0v) is 17.6. The SMILES string of the molecule is Cc1ccc(C(=O)C2CCN(C(=O)c3oc4ccc(Br)cc4c3C)CC2)cc1. The number of halogens is 1. The number of carbonyl (C=O) groups excluding carboxylic acids is 2. The molecule has 0 N–H and O–H groups in total. The lowest BCUT2D eigenvalue weighted by Crippen LogP contribution is -2.40. The minimum atomic E-state index is -0.0916. The quantitative estimate of drug-likeness (QED) is 0.502. The highest BCUT2D eigenvalue weighted by Gasteiger charge is 2.30. The molecule has 28 heavy (non-hydrogen) atoms. The molecule has 1 aliphatic rings. The molecule has 144 valence electrons. The number of rotatable bonds is 3. The zero-order chi connectivity index (χ0) is 19.8. The number of aryl methyl sites for hydroxylation is 2. The van der Waals surface area contributed by atoms with Crippen LogP contribution in [0.15, 0.2) is 51.4 Å². The monoisotopic (exact) mass is 439 g/mol. The number of furan rings is 1. The van der Waals surface area contributed by atoms with Gasteiger partial charge in [0.05, 0.1) is 0 Å². The third-order valence-electron chi connectivity index (χ3n) is 5.58. The van der Waals surface area contributed by atoms with Crippen molar-refractivity contribution in [2.75, 3.05) is 13.1 Å². The fourth-order valence-corrected chi connectivity index (χ4v) is 4.20. The summed E-state index contributed by atoms with van der Waals surface area (Å²) in [5.41, 5.74) is 3.48. The second kappa shape index (κ2) is 7.55. The van der Waals surface area contributed by atoms with Crippen molar-refractivity contribution in [2.24, 2.45) is 5.92 Å². The normalized spacial score (nSPS) is 15.2. The van der Waals surface area contributed by atoms with E-state index in [1.807, 2.05) is 56.3 Å². The van der Waals surface area contributed by atoms with E-state index >= 15 is 0 Å². The van der Waals surface area contributed by atoms with Crippen molar-refractivity contribution in [3.05, 3.63) is 69.4 Å². The maximum absolute atomic E-state index is 13.0. The topological polar surface area (TPSA) is 50.5 Å². The average molecular weight is 440 g/mol. The van der Waals surface area contributed by atoms with Gasteiger partial charge in [-0.15, -0.1) is 0 Å². The number of hydrogen-bond donors (Lipinski definition) is 0. The van der Waals surface area contributed by atoms with Gasteiger partial charge in [0.2, 0.25) is 0 Å². The van der Waals surface area contributed by atoms with Crippen molar-refractivity contribution in [3.8, 4) is 0 Å². The predicted octanol–water partition coefficient (Wildman–Crippen LogP) is 5.55. The summed E-state index contributed by atoms with van der Waals surface area (Å²) in [7, 11) is 0. The predicted molar refractivity (Wildman–Crippen MR) is 113 cm³/mol. The molecule has 3 aromatic rings. The van der Waals surface area contributed by atoms with E-state index in [2.05, 4.69) is 15.9 Å². The van der Waals surface area contributed by atoms with Gasteiger partial charge in [-0.05, 0) is 44.9 Å². The third-order valence-corrected chi connectivity index (χ3v) is 6.07. The standard InChI is InChI=1S/C23H22BrNO3/c1-14-3-5-16(6-4-14)21(26)17-9-11-25(12-10-17)23(27)22-15(2)19-13-18(24)7-8-20(19)28-22/h3-8,13,17H,9-12H2,1-2H3. The first kappa shape index (κ1) is 18.9. The number of piperidine rings is 1. The molecule has 1 amide bonds. The number of likely N-dealkylation sites (tertiary alicyclic amines) is 1. The Morgan fingerprint density at radius 2 is 1.71 bits per heavy atom. The van der Waals surface area contributed by atoms with Crippen LogP contribution in [-0.4, -0.2) is 29.7 Å². The molecule has 0 spiro atoms. The Morgan fingerprint density at radius 1 is 1.04 bits per heavy atom. The first-order valence-electron chi connectivity index (χ1n) is 9.53. The van der Waals surface area contributed by atoms with Crippen LogP contribution in [0.3, 0.4) is 0 Å². The number of ketones is 1. The molecule has 0 aliphatic carbocycles. The van der Waals surface area contributed by atoms with Gasteiger partial charge in [-0.3, -0.25) is 9.59 Å². The number of Topliss-reactive ketones (excluding diaryl/α,β-unsaturated/α-hetero) is 1. The minimum Gasteiger partial charge on any atom is -0.451 e. The van der Waals surface area contributed by atoms with E-state index in [1.165, 1.54) is 0 Å². The second-order valence-corrected chi connectivity index (χ2v) is 8.41. The van der Waals surface area contributed by atoms with E-state index < -0.39 is 0 Å². The van der Waals surface area contributed by atoms with Crippen LogP contribution in [0, 0.1) is 19.8 Å². The van der Waals surface area contributed by atoms with E-state index in [9.17, 15) is 9.59 Å². The Bertz CT molecular complexity index is 1040. The van der Waals surface area contributed by atoms with Gasteiger partial charge in [-0.1, -0.05) is 45.8 Å². The molecule has 0 saturated carbocycles. The van der Waals surface area contributed by atoms with E-state index in [0.717, 1.165) is 26.5 Å². The van der Waals surface area contributed by atoms with E-state index in [-0.39, 0.29) is 17.6 Å². The number of carbonyl (C=O) groups is 2. The molecule has 4 rings (SSSR count). The summed E-state index contributed by atoms with van der Waals surface area (Å²) in [4.78, 5) is 27.5. The first-order chi connectivity index (χ1) is 13.4. The van der Waals surface area contributed by atoms with E-state index in [4.69, 9.17) is 4.42 Å². The lowest BCUT2D eigenvalue weighted by molar-refractivity contribution is 0.0625. The van der Waals surface area contributed by atoms with Crippen molar-refractivity contribution >= 4 is 38.6 Å². The Kier molecular flexibility index (Phi) is 5.11. The number of benzene rings is 2. The number of amides is 1. The number of hydrogen-bond acceptors (Lipinski definition) is 3. The Morgan fingerprint density at radius 3 is 2.39 bits per heavy atom. The van der Waals surface area contributed by atoms with Gasteiger partial charge in [0, 0.05) is 40.0 Å². The zero-order valence-electron chi connectivity index (χ0n) is 16.0. The van der Waals surface area contributed by atoms with Crippen LogP contribution in [0.5, 0.6) is 0 Å². The second-order valence-electron chi connectivity index (χ2n) is 7.49. The Labute approximate surface area is 172 Å². The van der Waals surface area contributed by atoms with Crippen LogP contribution in [0.25, 0.3) is 11.0 Å². The third kappa shape index (κ3) is 3.51. The molecule has 0 atom stereocenters. The Balaban J connectivity index is 1.46. The summed E-state index contributed by atoms with van der Waals surface area (Å²) < 4.78 is 6.80. The lowest BCUT2D eigenvalue weighted by atomic mass is 9.88. The van der Waals surface area contributed by atoms with Crippen LogP contribution in [-0.2, 0) is 0 Å². The van der Waals surface area contributed by atoms with Crippen LogP contribution in [0.1, 0.15) is 44.9 Å². The highest BCUT2D eigenvalue weighted by atomic mass is 79.9. The van der Waals surface area contributed by atoms with Crippen LogP contribution >= 0.6 is 15.9 Å². The largest absolute Gasteiger partial charge is 0.451 e. The van der Waals surface area contributed by atoms with Gasteiger partial charge >= 0.3 is 0 Å². The molecule has 2 aromatic carbocycles. The van der Waals surface area contributed by atoms with Crippen molar-refractivity contribution in [1.29, 1.82) is 0 Å². The maximum Gasteiger partial charge on any atom is 0.289 e. The molecule has 1 saturated heterocycles. The van der Waals surface area contributed by atoms with E-state index in [0.29, 0.717) is 37.3 Å².